The Morgan fingerprint density at radius 1 is 0.938 bits per heavy atom. The zero-order valence-corrected chi connectivity index (χ0v) is 19.4. The molecule has 1 saturated carbocycles. The Kier molecular flexibility index (Phi) is 7.13. The Bertz CT molecular complexity index is 788. The van der Waals surface area contributed by atoms with Crippen molar-refractivity contribution in [2.24, 2.45) is 17.8 Å². The summed E-state index contributed by atoms with van der Waals surface area (Å²) < 4.78 is 6.03. The van der Waals surface area contributed by atoms with E-state index in [4.69, 9.17) is 4.74 Å². The number of carbonyl (C=O) groups excluding carboxylic acids is 1. The zero-order chi connectivity index (χ0) is 21.8. The van der Waals surface area contributed by atoms with Gasteiger partial charge in [-0.25, -0.2) is 0 Å². The highest BCUT2D eigenvalue weighted by Gasteiger charge is 2.31. The third kappa shape index (κ3) is 5.74. The van der Waals surface area contributed by atoms with Crippen molar-refractivity contribution >= 4 is 11.5 Å². The summed E-state index contributed by atoms with van der Waals surface area (Å²) in [4.78, 5) is 17.7. The number of piperidine rings is 1. The van der Waals surface area contributed by atoms with Gasteiger partial charge < -0.3 is 15.0 Å². The van der Waals surface area contributed by atoms with E-state index in [1.807, 2.05) is 0 Å². The number of rotatable bonds is 7. The first-order valence-electron chi connectivity index (χ1n) is 12.9. The van der Waals surface area contributed by atoms with Crippen molar-refractivity contribution in [1.29, 1.82) is 0 Å². The second kappa shape index (κ2) is 10.4. The number of ether oxygens (including phenoxy) is 1. The molecule has 4 aliphatic rings. The van der Waals surface area contributed by atoms with Gasteiger partial charge in [-0.1, -0.05) is 18.2 Å². The van der Waals surface area contributed by atoms with E-state index in [9.17, 15) is 4.79 Å². The molecule has 0 aromatic heterocycles. The van der Waals surface area contributed by atoms with E-state index in [0.717, 1.165) is 76.8 Å². The van der Waals surface area contributed by atoms with Gasteiger partial charge in [0.15, 0.2) is 0 Å². The van der Waals surface area contributed by atoms with Gasteiger partial charge in [-0.3, -0.25) is 9.69 Å². The lowest BCUT2D eigenvalue weighted by atomic mass is 9.85. The van der Waals surface area contributed by atoms with E-state index in [0.29, 0.717) is 11.8 Å². The summed E-state index contributed by atoms with van der Waals surface area (Å²) in [5, 5.41) is 3.41. The van der Waals surface area contributed by atoms with E-state index < -0.39 is 0 Å². The summed E-state index contributed by atoms with van der Waals surface area (Å²) in [5.41, 5.74) is 2.66. The molecule has 1 aromatic carbocycles. The van der Waals surface area contributed by atoms with Crippen LogP contribution in [-0.2, 0) is 4.79 Å². The van der Waals surface area contributed by atoms with Crippen LogP contribution < -0.4 is 10.1 Å². The molecular formula is C27H39N3O2. The van der Waals surface area contributed by atoms with Crippen LogP contribution in [0.2, 0.25) is 0 Å². The molecule has 5 nitrogen and oxygen atoms in total. The molecule has 2 aliphatic carbocycles. The molecule has 174 valence electrons. The smallest absolute Gasteiger partial charge is 0.226 e. The standard InChI is InChI=1S/C27H39N3O2/c31-27(30-17-15-29(16-18-30)19-21-1-2-21)25-5-3-23(4-6-25)24-7-9-26(10-8-24)32-20-22-11-13-28-14-12-22/h3,7-10,21-22,25,28H,1-2,4-6,11-20H2. The minimum absolute atomic E-state index is 0.168. The number of carbonyl (C=O) groups is 1. The summed E-state index contributed by atoms with van der Waals surface area (Å²) in [6.07, 6.45) is 10.4. The van der Waals surface area contributed by atoms with Crippen molar-refractivity contribution in [1.82, 2.24) is 15.1 Å². The van der Waals surface area contributed by atoms with Crippen molar-refractivity contribution in [3.63, 3.8) is 0 Å². The molecule has 5 heteroatoms. The van der Waals surface area contributed by atoms with Crippen LogP contribution in [0.25, 0.3) is 5.57 Å². The summed E-state index contributed by atoms with van der Waals surface area (Å²) in [5.74, 6) is 3.13. The Labute approximate surface area is 193 Å². The number of nitrogens with one attached hydrogen (secondary N) is 1. The molecule has 2 saturated heterocycles. The Morgan fingerprint density at radius 3 is 2.34 bits per heavy atom. The second-order valence-electron chi connectivity index (χ2n) is 10.3. The monoisotopic (exact) mass is 437 g/mol. The molecule has 0 radical (unpaired) electrons. The van der Waals surface area contributed by atoms with Gasteiger partial charge >= 0.3 is 0 Å². The Hall–Kier alpha value is -1.85. The number of allylic oxidation sites excluding steroid dienone is 2. The third-order valence-electron chi connectivity index (χ3n) is 7.83. The van der Waals surface area contributed by atoms with Gasteiger partial charge in [0.25, 0.3) is 0 Å². The topological polar surface area (TPSA) is 44.8 Å². The fourth-order valence-corrected chi connectivity index (χ4v) is 5.42. The summed E-state index contributed by atoms with van der Waals surface area (Å²) in [6.45, 7) is 8.24. The predicted molar refractivity (Wildman–Crippen MR) is 129 cm³/mol. The second-order valence-corrected chi connectivity index (χ2v) is 10.3. The molecule has 5 rings (SSSR count). The quantitative estimate of drug-likeness (QED) is 0.705. The maximum absolute atomic E-state index is 13.0. The minimum atomic E-state index is 0.168. The highest BCUT2D eigenvalue weighted by Crippen LogP contribution is 2.33. The first-order valence-corrected chi connectivity index (χ1v) is 12.9. The Morgan fingerprint density at radius 2 is 1.69 bits per heavy atom. The summed E-state index contributed by atoms with van der Waals surface area (Å²) in [7, 11) is 0. The van der Waals surface area contributed by atoms with Gasteiger partial charge in [0.2, 0.25) is 5.91 Å². The summed E-state index contributed by atoms with van der Waals surface area (Å²) >= 11 is 0. The van der Waals surface area contributed by atoms with Crippen molar-refractivity contribution in [2.75, 3.05) is 52.4 Å². The lowest BCUT2D eigenvalue weighted by molar-refractivity contribution is -0.137. The lowest BCUT2D eigenvalue weighted by Gasteiger charge is -2.37. The van der Waals surface area contributed by atoms with Crippen LogP contribution >= 0.6 is 0 Å². The van der Waals surface area contributed by atoms with Crippen LogP contribution in [-0.4, -0.2) is 68.1 Å². The van der Waals surface area contributed by atoms with Gasteiger partial charge in [-0.2, -0.15) is 0 Å². The molecule has 2 aliphatic heterocycles. The first kappa shape index (κ1) is 22.0. The van der Waals surface area contributed by atoms with E-state index in [1.54, 1.807) is 0 Å². The van der Waals surface area contributed by atoms with Crippen LogP contribution in [0.4, 0.5) is 0 Å². The van der Waals surface area contributed by atoms with Crippen LogP contribution in [0, 0.1) is 17.8 Å². The molecule has 1 amide bonds. The average Bonchev–Trinajstić information content (AvgIpc) is 3.68. The van der Waals surface area contributed by atoms with Crippen LogP contribution in [0.15, 0.2) is 30.3 Å². The minimum Gasteiger partial charge on any atom is -0.493 e. The number of hydrogen-bond donors (Lipinski definition) is 1. The number of benzene rings is 1. The van der Waals surface area contributed by atoms with E-state index in [1.165, 1.54) is 43.4 Å². The van der Waals surface area contributed by atoms with Gasteiger partial charge in [0.1, 0.15) is 5.75 Å². The highest BCUT2D eigenvalue weighted by atomic mass is 16.5. The molecule has 1 unspecified atom stereocenters. The first-order chi connectivity index (χ1) is 15.7. The normalized spacial score (nSPS) is 25.4. The van der Waals surface area contributed by atoms with E-state index in [-0.39, 0.29) is 5.92 Å². The van der Waals surface area contributed by atoms with Crippen LogP contribution in [0.1, 0.15) is 50.5 Å². The van der Waals surface area contributed by atoms with Crippen molar-refractivity contribution in [2.45, 2.75) is 44.9 Å². The molecule has 0 bridgehead atoms. The molecule has 3 fully saturated rings. The molecular weight excluding hydrogens is 398 g/mol. The van der Waals surface area contributed by atoms with Crippen LogP contribution in [0.3, 0.4) is 0 Å². The molecule has 1 atom stereocenters. The van der Waals surface area contributed by atoms with E-state index in [2.05, 4.69) is 45.5 Å². The van der Waals surface area contributed by atoms with Crippen molar-refractivity contribution in [3.05, 3.63) is 35.9 Å². The third-order valence-corrected chi connectivity index (χ3v) is 7.83. The lowest BCUT2D eigenvalue weighted by Crippen LogP contribution is -2.50. The largest absolute Gasteiger partial charge is 0.493 e. The molecule has 0 spiro atoms. The molecule has 32 heavy (non-hydrogen) atoms. The number of hydrogen-bond acceptors (Lipinski definition) is 4. The van der Waals surface area contributed by atoms with Crippen LogP contribution in [0.5, 0.6) is 5.75 Å². The fraction of sp³-hybridized carbons (Fsp3) is 0.667. The predicted octanol–water partition coefficient (Wildman–Crippen LogP) is 3.80. The number of piperazine rings is 1. The molecule has 1 aromatic rings. The van der Waals surface area contributed by atoms with Gasteiger partial charge in [-0.05, 0) is 93.1 Å². The maximum Gasteiger partial charge on any atom is 0.226 e. The highest BCUT2D eigenvalue weighted by molar-refractivity contribution is 5.81. The van der Waals surface area contributed by atoms with Gasteiger partial charge in [0, 0.05) is 38.6 Å². The maximum atomic E-state index is 13.0. The molecule has 2 heterocycles. The SMILES string of the molecule is O=C(C1CC=C(c2ccc(OCC3CCNCC3)cc2)CC1)N1CCN(CC2CC2)CC1. The number of amides is 1. The summed E-state index contributed by atoms with van der Waals surface area (Å²) in [6, 6.07) is 8.58. The van der Waals surface area contributed by atoms with Crippen molar-refractivity contribution in [3.8, 4) is 5.75 Å². The molecule has 1 N–H and O–H groups in total. The van der Waals surface area contributed by atoms with Gasteiger partial charge in [-0.15, -0.1) is 0 Å². The Balaban J connectivity index is 1.08. The number of nitrogens with zero attached hydrogens (tertiary/aromatic N) is 2. The zero-order valence-electron chi connectivity index (χ0n) is 19.4. The van der Waals surface area contributed by atoms with E-state index >= 15 is 0 Å². The van der Waals surface area contributed by atoms with Crippen molar-refractivity contribution < 1.29 is 9.53 Å². The van der Waals surface area contributed by atoms with Gasteiger partial charge in [0.05, 0.1) is 6.61 Å². The fourth-order valence-electron chi connectivity index (χ4n) is 5.42. The average molecular weight is 438 g/mol.